The van der Waals surface area contributed by atoms with E-state index in [4.69, 9.17) is 0 Å². The molecule has 3 nitrogen and oxygen atoms in total. The van der Waals surface area contributed by atoms with E-state index < -0.39 is 0 Å². The van der Waals surface area contributed by atoms with Crippen LogP contribution in [-0.2, 0) is 0 Å². The minimum Gasteiger partial charge on any atom is -0.312 e. The van der Waals surface area contributed by atoms with Gasteiger partial charge in [-0.3, -0.25) is 4.90 Å². The lowest BCUT2D eigenvalue weighted by atomic mass is 10.1. The predicted octanol–water partition coefficient (Wildman–Crippen LogP) is 2.32. The molecule has 2 fully saturated rings. The Balaban J connectivity index is 1.82. The van der Waals surface area contributed by atoms with E-state index in [1.54, 1.807) is 0 Å². The van der Waals surface area contributed by atoms with Crippen LogP contribution in [0.4, 0.5) is 0 Å². The maximum Gasteiger partial charge on any atom is 0.0246 e. The molecule has 2 rings (SSSR count). The van der Waals surface area contributed by atoms with Gasteiger partial charge in [-0.1, -0.05) is 20.3 Å². The molecular weight excluding hydrogens is 234 g/mol. The molecule has 1 saturated carbocycles. The first-order valence-corrected chi connectivity index (χ1v) is 8.44. The Kier molecular flexibility index (Phi) is 6.11. The normalized spacial score (nSPS) is 32.5. The number of rotatable bonds is 7. The van der Waals surface area contributed by atoms with E-state index in [1.807, 2.05) is 0 Å². The molecular formula is C16H33N3. The van der Waals surface area contributed by atoms with Crippen molar-refractivity contribution in [3.63, 3.8) is 0 Å². The number of nitrogens with one attached hydrogen (secondary N) is 1. The highest BCUT2D eigenvalue weighted by molar-refractivity contribution is 4.91. The Morgan fingerprint density at radius 1 is 1.16 bits per heavy atom. The summed E-state index contributed by atoms with van der Waals surface area (Å²) in [5.74, 6) is 0. The van der Waals surface area contributed by atoms with Gasteiger partial charge < -0.3 is 10.2 Å². The van der Waals surface area contributed by atoms with Crippen molar-refractivity contribution in [3.8, 4) is 0 Å². The van der Waals surface area contributed by atoms with Gasteiger partial charge in [-0.2, -0.15) is 0 Å². The van der Waals surface area contributed by atoms with Crippen LogP contribution in [-0.4, -0.2) is 61.2 Å². The molecule has 3 unspecified atom stereocenters. The van der Waals surface area contributed by atoms with Gasteiger partial charge in [0.05, 0.1) is 0 Å². The zero-order valence-corrected chi connectivity index (χ0v) is 13.2. The molecule has 2 aliphatic rings. The Bertz CT molecular complexity index is 256. The maximum absolute atomic E-state index is 3.76. The topological polar surface area (TPSA) is 18.5 Å². The van der Waals surface area contributed by atoms with Gasteiger partial charge in [-0.15, -0.1) is 0 Å². The van der Waals surface area contributed by atoms with Gasteiger partial charge in [0.25, 0.3) is 0 Å². The molecule has 0 aromatic heterocycles. The average molecular weight is 267 g/mol. The minimum atomic E-state index is 0.737. The van der Waals surface area contributed by atoms with Crippen LogP contribution in [0.25, 0.3) is 0 Å². The van der Waals surface area contributed by atoms with E-state index >= 15 is 0 Å². The molecule has 0 aromatic rings. The number of hydrogen-bond donors (Lipinski definition) is 1. The van der Waals surface area contributed by atoms with Crippen LogP contribution < -0.4 is 5.32 Å². The van der Waals surface area contributed by atoms with E-state index in [9.17, 15) is 0 Å². The number of hydrogen-bond acceptors (Lipinski definition) is 3. The lowest BCUT2D eigenvalue weighted by Gasteiger charge is -2.34. The quantitative estimate of drug-likeness (QED) is 0.764. The van der Waals surface area contributed by atoms with Crippen molar-refractivity contribution in [2.45, 2.75) is 70.5 Å². The van der Waals surface area contributed by atoms with Gasteiger partial charge in [0.15, 0.2) is 0 Å². The summed E-state index contributed by atoms with van der Waals surface area (Å²) >= 11 is 0. The fourth-order valence-corrected chi connectivity index (χ4v) is 4.02. The SMILES string of the molecule is CCCNC1CCCC1N(C)CC1CCCN1CC. The predicted molar refractivity (Wildman–Crippen MR) is 82.6 cm³/mol. The van der Waals surface area contributed by atoms with Gasteiger partial charge >= 0.3 is 0 Å². The van der Waals surface area contributed by atoms with Crippen LogP contribution in [0.3, 0.4) is 0 Å². The Hall–Kier alpha value is -0.120. The van der Waals surface area contributed by atoms with Gasteiger partial charge in [0.2, 0.25) is 0 Å². The number of likely N-dealkylation sites (tertiary alicyclic amines) is 1. The maximum atomic E-state index is 3.76. The van der Waals surface area contributed by atoms with Crippen molar-refractivity contribution in [2.75, 3.05) is 33.2 Å². The molecule has 3 atom stereocenters. The molecule has 0 spiro atoms. The molecule has 112 valence electrons. The Morgan fingerprint density at radius 3 is 2.74 bits per heavy atom. The van der Waals surface area contributed by atoms with Crippen LogP contribution in [0.5, 0.6) is 0 Å². The Morgan fingerprint density at radius 2 is 2.00 bits per heavy atom. The van der Waals surface area contributed by atoms with E-state index in [2.05, 4.69) is 36.0 Å². The highest BCUT2D eigenvalue weighted by Crippen LogP contribution is 2.25. The van der Waals surface area contributed by atoms with E-state index in [0.717, 1.165) is 18.1 Å². The van der Waals surface area contributed by atoms with Crippen LogP contribution in [0.15, 0.2) is 0 Å². The minimum absolute atomic E-state index is 0.737. The lowest BCUT2D eigenvalue weighted by Crippen LogP contribution is -2.49. The second-order valence-electron chi connectivity index (χ2n) is 6.42. The molecule has 0 bridgehead atoms. The van der Waals surface area contributed by atoms with Crippen LogP contribution in [0.1, 0.15) is 52.4 Å². The largest absolute Gasteiger partial charge is 0.312 e. The lowest BCUT2D eigenvalue weighted by molar-refractivity contribution is 0.149. The number of nitrogens with zero attached hydrogens (tertiary/aromatic N) is 2. The van der Waals surface area contributed by atoms with Crippen molar-refractivity contribution in [3.05, 3.63) is 0 Å². The third-order valence-electron chi connectivity index (χ3n) is 5.11. The van der Waals surface area contributed by atoms with Crippen LogP contribution in [0, 0.1) is 0 Å². The highest BCUT2D eigenvalue weighted by atomic mass is 15.2. The van der Waals surface area contributed by atoms with Crippen molar-refractivity contribution in [1.82, 2.24) is 15.1 Å². The van der Waals surface area contributed by atoms with Crippen molar-refractivity contribution < 1.29 is 0 Å². The summed E-state index contributed by atoms with van der Waals surface area (Å²) in [7, 11) is 2.35. The third-order valence-corrected chi connectivity index (χ3v) is 5.11. The van der Waals surface area contributed by atoms with Crippen molar-refractivity contribution in [1.29, 1.82) is 0 Å². The van der Waals surface area contributed by atoms with Crippen LogP contribution in [0.2, 0.25) is 0 Å². The van der Waals surface area contributed by atoms with Gasteiger partial charge in [0.1, 0.15) is 0 Å². The highest BCUT2D eigenvalue weighted by Gasteiger charge is 2.32. The summed E-state index contributed by atoms with van der Waals surface area (Å²) in [6.07, 6.45) is 8.21. The summed E-state index contributed by atoms with van der Waals surface area (Å²) in [6.45, 7) is 9.55. The van der Waals surface area contributed by atoms with Crippen molar-refractivity contribution in [2.24, 2.45) is 0 Å². The smallest absolute Gasteiger partial charge is 0.0246 e. The van der Waals surface area contributed by atoms with E-state index in [1.165, 1.54) is 64.7 Å². The van der Waals surface area contributed by atoms with Crippen LogP contribution >= 0.6 is 0 Å². The molecule has 1 aliphatic heterocycles. The molecule has 19 heavy (non-hydrogen) atoms. The monoisotopic (exact) mass is 267 g/mol. The second-order valence-corrected chi connectivity index (χ2v) is 6.42. The summed E-state index contributed by atoms with van der Waals surface area (Å²) in [5, 5.41) is 3.76. The molecule has 1 aliphatic carbocycles. The second kappa shape index (κ2) is 7.61. The molecule has 1 heterocycles. The molecule has 0 amide bonds. The first-order valence-electron chi connectivity index (χ1n) is 8.44. The molecule has 1 N–H and O–H groups in total. The van der Waals surface area contributed by atoms with Crippen molar-refractivity contribution >= 4 is 0 Å². The van der Waals surface area contributed by atoms with E-state index in [0.29, 0.717) is 0 Å². The molecule has 3 heteroatoms. The first kappa shape index (κ1) is 15.3. The summed E-state index contributed by atoms with van der Waals surface area (Å²) < 4.78 is 0. The molecule has 0 radical (unpaired) electrons. The zero-order chi connectivity index (χ0) is 13.7. The van der Waals surface area contributed by atoms with Gasteiger partial charge in [0, 0.05) is 24.7 Å². The average Bonchev–Trinajstić information content (AvgIpc) is 3.04. The summed E-state index contributed by atoms with van der Waals surface area (Å²) in [6, 6.07) is 2.31. The first-order chi connectivity index (χ1) is 9.26. The fourth-order valence-electron chi connectivity index (χ4n) is 4.02. The summed E-state index contributed by atoms with van der Waals surface area (Å²) in [5.41, 5.74) is 0. The standard InChI is InChI=1S/C16H33N3/c1-4-11-17-15-9-6-10-16(15)18(3)13-14-8-7-12-19(14)5-2/h14-17H,4-13H2,1-3H3. The number of likely N-dealkylation sites (N-methyl/N-ethyl adjacent to an activating group) is 2. The Labute approximate surface area is 119 Å². The third kappa shape index (κ3) is 3.93. The molecule has 1 saturated heterocycles. The fraction of sp³-hybridized carbons (Fsp3) is 1.00. The van der Waals surface area contributed by atoms with E-state index in [-0.39, 0.29) is 0 Å². The zero-order valence-electron chi connectivity index (χ0n) is 13.2. The molecule has 0 aromatic carbocycles. The van der Waals surface area contributed by atoms with Gasteiger partial charge in [-0.25, -0.2) is 0 Å². The van der Waals surface area contributed by atoms with Gasteiger partial charge in [-0.05, 0) is 58.8 Å². The summed E-state index contributed by atoms with van der Waals surface area (Å²) in [4.78, 5) is 5.32.